The van der Waals surface area contributed by atoms with Crippen LogP contribution in [-0.4, -0.2) is 14.8 Å². The molecule has 1 atom stereocenters. The fourth-order valence-corrected chi connectivity index (χ4v) is 3.19. The fourth-order valence-electron chi connectivity index (χ4n) is 3.01. The maximum atomic E-state index is 6.04. The van der Waals surface area contributed by atoms with Crippen molar-refractivity contribution in [2.45, 2.75) is 18.9 Å². The number of aromatic nitrogens is 3. The summed E-state index contributed by atoms with van der Waals surface area (Å²) in [6.07, 6.45) is 5.32. The normalized spacial score (nSPS) is 16.5. The van der Waals surface area contributed by atoms with Crippen LogP contribution < -0.4 is 4.74 Å². The minimum atomic E-state index is 0.236. The molecular weight excluding hydrogens is 298 g/mol. The summed E-state index contributed by atoms with van der Waals surface area (Å²) in [5.74, 6) is 1.65. The van der Waals surface area contributed by atoms with Gasteiger partial charge in [-0.25, -0.2) is 9.67 Å². The smallest absolute Gasteiger partial charge is 0.137 e. The third-order valence-electron chi connectivity index (χ3n) is 3.98. The Kier molecular flexibility index (Phi) is 3.31. The monoisotopic (exact) mass is 311 g/mol. The Hall–Kier alpha value is -2.33. The van der Waals surface area contributed by atoms with E-state index in [1.807, 2.05) is 41.1 Å². The molecule has 0 N–H and O–H groups in total. The van der Waals surface area contributed by atoms with E-state index < -0.39 is 0 Å². The van der Waals surface area contributed by atoms with Crippen LogP contribution in [0.15, 0.2) is 55.1 Å². The summed E-state index contributed by atoms with van der Waals surface area (Å²) in [7, 11) is 0. The molecule has 4 rings (SSSR count). The van der Waals surface area contributed by atoms with Gasteiger partial charge in [-0.1, -0.05) is 29.8 Å². The largest absolute Gasteiger partial charge is 0.457 e. The number of hydrogen-bond donors (Lipinski definition) is 0. The summed E-state index contributed by atoms with van der Waals surface area (Å²) >= 11 is 6.02. The molecule has 0 radical (unpaired) electrons. The first-order valence-corrected chi connectivity index (χ1v) is 7.58. The van der Waals surface area contributed by atoms with Crippen molar-refractivity contribution in [3.8, 4) is 11.5 Å². The van der Waals surface area contributed by atoms with Crippen LogP contribution in [0.3, 0.4) is 0 Å². The zero-order valence-corrected chi connectivity index (χ0v) is 12.6. The van der Waals surface area contributed by atoms with E-state index in [0.29, 0.717) is 5.02 Å². The Bertz CT molecular complexity index is 801. The summed E-state index contributed by atoms with van der Waals surface area (Å²) in [5, 5.41) is 4.94. The molecule has 0 amide bonds. The van der Waals surface area contributed by atoms with Crippen molar-refractivity contribution in [2.75, 3.05) is 0 Å². The highest BCUT2D eigenvalue weighted by molar-refractivity contribution is 6.30. The molecule has 2 aromatic carbocycles. The SMILES string of the molecule is Clc1cccc(Oc2cccc3c2CCC3n2cncn2)c1. The number of fused-ring (bicyclic) bond motifs is 1. The summed E-state index contributed by atoms with van der Waals surface area (Å²) in [6, 6.07) is 13.9. The Morgan fingerprint density at radius 2 is 2.09 bits per heavy atom. The van der Waals surface area contributed by atoms with E-state index in [2.05, 4.69) is 16.1 Å². The predicted molar refractivity (Wildman–Crippen MR) is 84.5 cm³/mol. The van der Waals surface area contributed by atoms with Gasteiger partial charge in [0, 0.05) is 10.6 Å². The van der Waals surface area contributed by atoms with E-state index in [4.69, 9.17) is 16.3 Å². The maximum absolute atomic E-state index is 6.04. The standard InChI is InChI=1S/C17H14ClN3O/c18-12-3-1-4-13(9-12)22-17-6-2-5-14-15(17)7-8-16(14)21-11-19-10-20-21/h1-6,9-11,16H,7-8H2. The summed E-state index contributed by atoms with van der Waals surface area (Å²) in [6.45, 7) is 0. The molecule has 4 nitrogen and oxygen atoms in total. The molecule has 1 heterocycles. The van der Waals surface area contributed by atoms with Crippen LogP contribution in [0.1, 0.15) is 23.6 Å². The molecule has 0 fully saturated rings. The van der Waals surface area contributed by atoms with Gasteiger partial charge in [0.2, 0.25) is 0 Å². The molecule has 5 heteroatoms. The van der Waals surface area contributed by atoms with Crippen molar-refractivity contribution < 1.29 is 4.74 Å². The van der Waals surface area contributed by atoms with Crippen LogP contribution in [-0.2, 0) is 6.42 Å². The van der Waals surface area contributed by atoms with E-state index in [1.54, 1.807) is 12.7 Å². The number of benzene rings is 2. The minimum absolute atomic E-state index is 0.236. The van der Waals surface area contributed by atoms with Gasteiger partial charge in [0.05, 0.1) is 6.04 Å². The topological polar surface area (TPSA) is 39.9 Å². The van der Waals surface area contributed by atoms with Crippen molar-refractivity contribution in [3.63, 3.8) is 0 Å². The molecule has 3 aromatic rings. The average molecular weight is 312 g/mol. The minimum Gasteiger partial charge on any atom is -0.457 e. The molecule has 0 bridgehead atoms. The van der Waals surface area contributed by atoms with Crippen LogP contribution in [0.25, 0.3) is 0 Å². The van der Waals surface area contributed by atoms with E-state index in [9.17, 15) is 0 Å². The maximum Gasteiger partial charge on any atom is 0.137 e. The molecule has 0 saturated carbocycles. The van der Waals surface area contributed by atoms with Crippen LogP contribution in [0.5, 0.6) is 11.5 Å². The van der Waals surface area contributed by atoms with Gasteiger partial charge in [-0.3, -0.25) is 0 Å². The van der Waals surface area contributed by atoms with Crippen LogP contribution in [0.4, 0.5) is 0 Å². The average Bonchev–Trinajstić information content (AvgIpc) is 3.16. The second-order valence-electron chi connectivity index (χ2n) is 5.31. The van der Waals surface area contributed by atoms with Crippen molar-refractivity contribution in [2.24, 2.45) is 0 Å². The molecule has 110 valence electrons. The molecule has 22 heavy (non-hydrogen) atoms. The molecule has 0 spiro atoms. The van der Waals surface area contributed by atoms with Gasteiger partial charge < -0.3 is 4.74 Å². The Morgan fingerprint density at radius 1 is 1.18 bits per heavy atom. The molecule has 1 aromatic heterocycles. The van der Waals surface area contributed by atoms with Crippen molar-refractivity contribution in [1.82, 2.24) is 14.8 Å². The van der Waals surface area contributed by atoms with Gasteiger partial charge in [-0.2, -0.15) is 5.10 Å². The van der Waals surface area contributed by atoms with Crippen molar-refractivity contribution in [3.05, 3.63) is 71.3 Å². The zero-order valence-electron chi connectivity index (χ0n) is 11.8. The molecule has 0 aliphatic heterocycles. The second-order valence-corrected chi connectivity index (χ2v) is 5.75. The molecule has 1 aliphatic carbocycles. The van der Waals surface area contributed by atoms with Gasteiger partial charge in [0.25, 0.3) is 0 Å². The lowest BCUT2D eigenvalue weighted by atomic mass is 10.1. The lowest BCUT2D eigenvalue weighted by molar-refractivity contribution is 0.477. The molecule has 1 aliphatic rings. The highest BCUT2D eigenvalue weighted by Gasteiger charge is 2.27. The third kappa shape index (κ3) is 2.35. The molecule has 1 unspecified atom stereocenters. The van der Waals surface area contributed by atoms with E-state index in [0.717, 1.165) is 24.3 Å². The summed E-state index contributed by atoms with van der Waals surface area (Å²) in [4.78, 5) is 4.05. The quantitative estimate of drug-likeness (QED) is 0.725. The van der Waals surface area contributed by atoms with Gasteiger partial charge in [0.1, 0.15) is 24.2 Å². The highest BCUT2D eigenvalue weighted by atomic mass is 35.5. The Balaban J connectivity index is 1.69. The first kappa shape index (κ1) is 13.3. The van der Waals surface area contributed by atoms with E-state index in [1.165, 1.54) is 11.1 Å². The number of nitrogens with zero attached hydrogens (tertiary/aromatic N) is 3. The lowest BCUT2D eigenvalue weighted by Crippen LogP contribution is -2.07. The van der Waals surface area contributed by atoms with Gasteiger partial charge in [-0.05, 0) is 42.7 Å². The van der Waals surface area contributed by atoms with E-state index in [-0.39, 0.29) is 6.04 Å². The molecular formula is C17H14ClN3O. The predicted octanol–water partition coefficient (Wildman–Crippen LogP) is 4.26. The Morgan fingerprint density at radius 3 is 2.91 bits per heavy atom. The molecule has 0 saturated heterocycles. The van der Waals surface area contributed by atoms with Gasteiger partial charge in [-0.15, -0.1) is 0 Å². The van der Waals surface area contributed by atoms with Gasteiger partial charge >= 0.3 is 0 Å². The van der Waals surface area contributed by atoms with Crippen LogP contribution >= 0.6 is 11.6 Å². The van der Waals surface area contributed by atoms with Gasteiger partial charge in [0.15, 0.2) is 0 Å². The van der Waals surface area contributed by atoms with E-state index >= 15 is 0 Å². The van der Waals surface area contributed by atoms with Crippen LogP contribution in [0.2, 0.25) is 5.02 Å². The number of halogens is 1. The summed E-state index contributed by atoms with van der Waals surface area (Å²) < 4.78 is 7.95. The van der Waals surface area contributed by atoms with Crippen molar-refractivity contribution >= 4 is 11.6 Å². The number of rotatable bonds is 3. The lowest BCUT2D eigenvalue weighted by Gasteiger charge is -2.13. The Labute approximate surface area is 133 Å². The third-order valence-corrected chi connectivity index (χ3v) is 4.21. The first-order chi connectivity index (χ1) is 10.8. The first-order valence-electron chi connectivity index (χ1n) is 7.20. The highest BCUT2D eigenvalue weighted by Crippen LogP contribution is 2.40. The van der Waals surface area contributed by atoms with Crippen LogP contribution in [0, 0.1) is 0 Å². The number of ether oxygens (including phenoxy) is 1. The summed E-state index contributed by atoms with van der Waals surface area (Å²) in [5.41, 5.74) is 2.49. The zero-order chi connectivity index (χ0) is 14.9. The van der Waals surface area contributed by atoms with Crippen molar-refractivity contribution in [1.29, 1.82) is 0 Å². The number of hydrogen-bond acceptors (Lipinski definition) is 3. The fraction of sp³-hybridized carbons (Fsp3) is 0.176. The second kappa shape index (κ2) is 5.46.